The molecule has 0 spiro atoms. The minimum atomic E-state index is 0.142. The molecule has 330 valence electrons. The first-order chi connectivity index (χ1) is 31.6. The summed E-state index contributed by atoms with van der Waals surface area (Å²) in [5.41, 5.74) is 18.3. The van der Waals surface area contributed by atoms with Crippen LogP contribution in [0.2, 0.25) is 0 Å². The zero-order valence-corrected chi connectivity index (χ0v) is 42.7. The van der Waals surface area contributed by atoms with Gasteiger partial charge in [0.25, 0.3) is 0 Å². The number of anilines is 2. The molecule has 7 aromatic heterocycles. The van der Waals surface area contributed by atoms with Gasteiger partial charge in [-0.25, -0.2) is 0 Å². The average Bonchev–Trinajstić information content (AvgIpc) is 4.19. The molecule has 7 heterocycles. The number of hydrogen-bond donors (Lipinski definition) is 2. The zero-order valence-electron chi connectivity index (χ0n) is 37.0. The number of unbranched alkanes of at least 4 members (excludes halogenated alkanes) is 2. The van der Waals surface area contributed by atoms with E-state index in [0.29, 0.717) is 32.3 Å². The van der Waals surface area contributed by atoms with Crippen LogP contribution in [0.25, 0.3) is 42.8 Å². The lowest BCUT2D eigenvalue weighted by atomic mass is 9.92. The Hall–Kier alpha value is -5.06. The predicted octanol–water partition coefficient (Wildman–Crippen LogP) is 12.8. The van der Waals surface area contributed by atoms with Crippen molar-refractivity contribution in [3.63, 3.8) is 0 Å². The molecule has 0 aliphatic rings. The van der Waals surface area contributed by atoms with Crippen molar-refractivity contribution in [2.75, 3.05) is 11.5 Å². The van der Waals surface area contributed by atoms with Gasteiger partial charge in [0.05, 0.1) is 30.2 Å². The molecule has 0 aliphatic carbocycles. The van der Waals surface area contributed by atoms with Crippen LogP contribution in [0, 0.1) is 75.3 Å². The van der Waals surface area contributed by atoms with E-state index >= 15 is 0 Å². The summed E-state index contributed by atoms with van der Waals surface area (Å²) in [6, 6.07) is 29.1. The molecule has 13 heteroatoms. The van der Waals surface area contributed by atoms with Gasteiger partial charge in [-0.2, -0.15) is 21.0 Å². The Bertz CT molecular complexity index is 3190. The van der Waals surface area contributed by atoms with Crippen molar-refractivity contribution < 1.29 is 0 Å². The van der Waals surface area contributed by atoms with E-state index in [1.54, 1.807) is 56.7 Å². The number of rotatable bonds is 16. The Labute approximate surface area is 408 Å². The quantitative estimate of drug-likeness (QED) is 0.0985. The summed E-state index contributed by atoms with van der Waals surface area (Å²) in [6.45, 7) is 9.13. The number of hydrogen-bond acceptors (Lipinski definition) is 13. The lowest BCUT2D eigenvalue weighted by Gasteiger charge is -2.14. The molecule has 6 nitrogen and oxygen atoms in total. The van der Waals surface area contributed by atoms with E-state index in [1.807, 2.05) is 48.5 Å². The molecular weight excluding hydrogens is 933 g/mol. The number of thiophene rings is 7. The van der Waals surface area contributed by atoms with Gasteiger partial charge in [0.15, 0.2) is 0 Å². The Balaban J connectivity index is 1.31. The first kappa shape index (κ1) is 47.9. The molecule has 2 atom stereocenters. The molecule has 0 aliphatic heterocycles. The molecule has 0 fully saturated rings. The van der Waals surface area contributed by atoms with Gasteiger partial charge in [-0.05, 0) is 109 Å². The van der Waals surface area contributed by atoms with E-state index in [0.717, 1.165) is 72.4 Å². The Morgan fingerprint density at radius 1 is 0.523 bits per heavy atom. The van der Waals surface area contributed by atoms with Crippen LogP contribution >= 0.6 is 79.4 Å². The number of nitrogen functional groups attached to an aromatic ring is 2. The van der Waals surface area contributed by atoms with Crippen molar-refractivity contribution in [1.82, 2.24) is 0 Å². The molecular formula is C52H50N6S7. The molecule has 7 aromatic rings. The lowest BCUT2D eigenvalue weighted by molar-refractivity contribution is 0.449. The molecule has 65 heavy (non-hydrogen) atoms. The first-order valence-corrected chi connectivity index (χ1v) is 27.7. The fourth-order valence-electron chi connectivity index (χ4n) is 7.87. The third-order valence-electron chi connectivity index (χ3n) is 11.7. The number of nitrogens with zero attached hydrogens (tertiary/aromatic N) is 4. The van der Waals surface area contributed by atoms with Gasteiger partial charge in [-0.1, -0.05) is 79.1 Å². The SMILES string of the molecule is CCCCC(CC)Cc1cc(-c2sc(-c3cc(CC(CC)CCCC)c(/C=c4\cc/c(=c5/ccc(=C(C#N)C#N)s5)s4)s3)c(N)c2N)sc1/C=c1\cc/c(=c2/ccc(=C(C#N)C#N)s2)s1. The summed E-state index contributed by atoms with van der Waals surface area (Å²) in [6.07, 6.45) is 16.1. The van der Waals surface area contributed by atoms with Crippen LogP contribution in [-0.2, 0) is 12.8 Å². The Morgan fingerprint density at radius 2 is 0.908 bits per heavy atom. The molecule has 0 aromatic carbocycles. The van der Waals surface area contributed by atoms with E-state index in [2.05, 4.69) is 76.2 Å². The van der Waals surface area contributed by atoms with Crippen LogP contribution in [0.3, 0.4) is 0 Å². The van der Waals surface area contributed by atoms with E-state index < -0.39 is 0 Å². The third-order valence-corrected chi connectivity index (χ3v) is 20.1. The summed E-state index contributed by atoms with van der Waals surface area (Å²) < 4.78 is 8.00. The van der Waals surface area contributed by atoms with Crippen molar-refractivity contribution in [1.29, 1.82) is 21.0 Å². The maximum absolute atomic E-state index is 9.40. The summed E-state index contributed by atoms with van der Waals surface area (Å²) in [5.74, 6) is 1.17. The number of nitriles is 4. The van der Waals surface area contributed by atoms with Crippen molar-refractivity contribution in [3.8, 4) is 43.8 Å². The largest absolute Gasteiger partial charge is 0.396 e. The van der Waals surface area contributed by atoms with Crippen LogP contribution in [0.1, 0.15) is 99.9 Å². The maximum Gasteiger partial charge on any atom is 0.146 e. The molecule has 0 bridgehead atoms. The fourth-order valence-corrected chi connectivity index (χ4v) is 15.7. The molecule has 0 radical (unpaired) electrons. The van der Waals surface area contributed by atoms with Crippen LogP contribution < -0.4 is 29.6 Å². The van der Waals surface area contributed by atoms with Crippen LogP contribution in [0.5, 0.6) is 0 Å². The molecule has 0 saturated carbocycles. The second-order valence-electron chi connectivity index (χ2n) is 16.0. The summed E-state index contributed by atoms with van der Waals surface area (Å²) in [4.78, 5) is 6.79. The number of nitrogens with two attached hydrogens (primary N) is 2. The van der Waals surface area contributed by atoms with Crippen molar-refractivity contribution in [3.05, 3.63) is 118 Å². The van der Waals surface area contributed by atoms with Crippen LogP contribution in [0.15, 0.2) is 60.7 Å². The highest BCUT2D eigenvalue weighted by Crippen LogP contribution is 2.51. The minimum Gasteiger partial charge on any atom is -0.396 e. The van der Waals surface area contributed by atoms with Gasteiger partial charge in [0, 0.05) is 46.7 Å². The highest BCUT2D eigenvalue weighted by Gasteiger charge is 2.23. The molecule has 0 saturated heterocycles. The summed E-state index contributed by atoms with van der Waals surface area (Å²) in [5, 5.41) is 37.6. The Morgan fingerprint density at radius 3 is 1.28 bits per heavy atom. The van der Waals surface area contributed by atoms with Crippen LogP contribution in [-0.4, -0.2) is 0 Å². The van der Waals surface area contributed by atoms with Gasteiger partial charge in [-0.15, -0.1) is 79.4 Å². The minimum absolute atomic E-state index is 0.142. The summed E-state index contributed by atoms with van der Waals surface area (Å²) >= 11 is 11.7. The van der Waals surface area contributed by atoms with Crippen LogP contribution in [0.4, 0.5) is 11.4 Å². The Kier molecular flexibility index (Phi) is 16.5. The topological polar surface area (TPSA) is 147 Å². The highest BCUT2D eigenvalue weighted by atomic mass is 32.1. The van der Waals surface area contributed by atoms with Crippen molar-refractivity contribution in [2.45, 2.75) is 91.9 Å². The van der Waals surface area contributed by atoms with Gasteiger partial charge >= 0.3 is 0 Å². The monoisotopic (exact) mass is 982 g/mol. The maximum atomic E-state index is 9.40. The van der Waals surface area contributed by atoms with Gasteiger partial charge in [-0.3, -0.25) is 0 Å². The normalized spacial score (nSPS) is 13.8. The summed E-state index contributed by atoms with van der Waals surface area (Å²) in [7, 11) is 0. The van der Waals surface area contributed by atoms with Gasteiger partial charge < -0.3 is 11.5 Å². The second kappa shape index (κ2) is 22.4. The lowest BCUT2D eigenvalue weighted by Crippen LogP contribution is -2.04. The van der Waals surface area contributed by atoms with E-state index in [-0.39, 0.29) is 11.1 Å². The zero-order chi connectivity index (χ0) is 46.0. The standard InChI is InChI=1S/C52H50N6S7/c1-5-9-11-31(7-3)21-33-23-47(63-45(33)25-37-13-15-41(59-37)43-19-17-39(61-43)35(27-53)28-54)51-49(57)50(58)52(65-51)48-24-34(22-32(8-4)12-10-6-2)46(64-48)26-38-14-16-42(60-38)44-20-18-40(62-44)36(29-55)30-56/h13-20,23-26,31-32H,5-12,21-22,57-58H2,1-4H3/b37-25+,38-26+,43-41+,44-42+. The third kappa shape index (κ3) is 11.1. The fraction of sp³-hybridized carbons (Fsp3) is 0.308. The first-order valence-electron chi connectivity index (χ1n) is 22.0. The average molecular weight is 983 g/mol. The van der Waals surface area contributed by atoms with E-state index in [4.69, 9.17) is 11.5 Å². The smallest absolute Gasteiger partial charge is 0.146 e. The van der Waals surface area contributed by atoms with Crippen molar-refractivity contribution in [2.24, 2.45) is 11.8 Å². The van der Waals surface area contributed by atoms with Crippen molar-refractivity contribution >= 4 is 114 Å². The van der Waals surface area contributed by atoms with E-state index in [9.17, 15) is 21.0 Å². The van der Waals surface area contributed by atoms with Gasteiger partial charge in [0.1, 0.15) is 35.4 Å². The molecule has 2 unspecified atom stereocenters. The molecule has 0 amide bonds. The highest BCUT2D eigenvalue weighted by molar-refractivity contribution is 7.28. The second-order valence-corrected chi connectivity index (χ2v) is 23.6. The molecule has 7 rings (SSSR count). The van der Waals surface area contributed by atoms with E-state index in [1.165, 1.54) is 82.1 Å². The van der Waals surface area contributed by atoms with Gasteiger partial charge in [0.2, 0.25) is 0 Å². The predicted molar refractivity (Wildman–Crippen MR) is 281 cm³/mol. The molecule has 4 N–H and O–H groups in total.